The quantitative estimate of drug-likeness (QED) is 0.364. The Morgan fingerprint density at radius 2 is 2.12 bits per heavy atom. The van der Waals surface area contributed by atoms with E-state index in [2.05, 4.69) is 15.3 Å². The molecule has 0 bridgehead atoms. The normalized spacial score (nSPS) is 11.7. The molecule has 1 amide bonds. The number of aldehydes is 1. The minimum absolute atomic E-state index is 0.0493. The molecule has 2 aromatic rings. The minimum Gasteiger partial charge on any atom is -0.497 e. The Labute approximate surface area is 151 Å². The van der Waals surface area contributed by atoms with Gasteiger partial charge in [0, 0.05) is 18.0 Å². The molecule has 0 unspecified atom stereocenters. The van der Waals surface area contributed by atoms with Crippen molar-refractivity contribution >= 4 is 29.6 Å². The molecule has 0 aliphatic carbocycles. The summed E-state index contributed by atoms with van der Waals surface area (Å²) >= 11 is 0. The van der Waals surface area contributed by atoms with E-state index < -0.39 is 11.9 Å². The van der Waals surface area contributed by atoms with E-state index in [9.17, 15) is 9.59 Å². The fourth-order valence-corrected chi connectivity index (χ4v) is 2.29. The van der Waals surface area contributed by atoms with E-state index >= 15 is 0 Å². The number of ether oxygens (including phenoxy) is 1. The molecule has 1 aromatic carbocycles. The van der Waals surface area contributed by atoms with Crippen LogP contribution < -0.4 is 26.6 Å². The van der Waals surface area contributed by atoms with Crippen molar-refractivity contribution in [3.8, 4) is 5.75 Å². The summed E-state index contributed by atoms with van der Waals surface area (Å²) in [7, 11) is 1.55. The standard InChI is InChI=1S/C17H22N6O3/c1-10(2)14(9-24)23(19)17-20-8-13(15(18)25)16(22-17)21-11-5-4-6-12(7-11)26-3/h4-10,14H,19H2,1-3H3,(H2,18,25)(H,20,21,22)/t14-/m0/s1. The number of hydrogen-bond acceptors (Lipinski definition) is 8. The first-order valence-corrected chi connectivity index (χ1v) is 7.94. The number of aromatic nitrogens is 2. The van der Waals surface area contributed by atoms with Gasteiger partial charge in [-0.15, -0.1) is 0 Å². The number of carbonyl (C=O) groups excluding carboxylic acids is 2. The highest BCUT2D eigenvalue weighted by Crippen LogP contribution is 2.24. The van der Waals surface area contributed by atoms with Crippen LogP contribution in [0.2, 0.25) is 0 Å². The summed E-state index contributed by atoms with van der Waals surface area (Å²) in [5, 5.41) is 4.17. The monoisotopic (exact) mass is 358 g/mol. The van der Waals surface area contributed by atoms with E-state index in [1.54, 1.807) is 31.4 Å². The van der Waals surface area contributed by atoms with Gasteiger partial charge in [-0.3, -0.25) is 9.80 Å². The van der Waals surface area contributed by atoms with Crippen molar-refractivity contribution in [2.24, 2.45) is 17.5 Å². The average molecular weight is 358 g/mol. The summed E-state index contributed by atoms with van der Waals surface area (Å²) in [4.78, 5) is 31.3. The summed E-state index contributed by atoms with van der Waals surface area (Å²) < 4.78 is 5.17. The predicted molar refractivity (Wildman–Crippen MR) is 98.2 cm³/mol. The lowest BCUT2D eigenvalue weighted by Gasteiger charge is -2.26. The van der Waals surface area contributed by atoms with Crippen molar-refractivity contribution < 1.29 is 14.3 Å². The number of nitrogens with two attached hydrogens (primary N) is 2. The van der Waals surface area contributed by atoms with E-state index in [0.29, 0.717) is 11.4 Å². The van der Waals surface area contributed by atoms with Gasteiger partial charge in [0.05, 0.1) is 7.11 Å². The van der Waals surface area contributed by atoms with Gasteiger partial charge in [-0.1, -0.05) is 19.9 Å². The molecular weight excluding hydrogens is 336 g/mol. The Bertz CT molecular complexity index is 796. The second-order valence-corrected chi connectivity index (χ2v) is 5.93. The second kappa shape index (κ2) is 8.26. The third kappa shape index (κ3) is 4.25. The molecule has 0 fully saturated rings. The molecule has 1 atom stereocenters. The number of nitrogens with zero attached hydrogens (tertiary/aromatic N) is 3. The first kappa shape index (κ1) is 19.1. The summed E-state index contributed by atoms with van der Waals surface area (Å²) in [5.74, 6) is 6.16. The molecule has 26 heavy (non-hydrogen) atoms. The highest BCUT2D eigenvalue weighted by Gasteiger charge is 2.23. The number of amides is 1. The van der Waals surface area contributed by atoms with Crippen molar-refractivity contribution in [1.29, 1.82) is 0 Å². The van der Waals surface area contributed by atoms with Gasteiger partial charge in [0.15, 0.2) is 0 Å². The first-order chi connectivity index (χ1) is 12.4. The van der Waals surface area contributed by atoms with Crippen LogP contribution in [0.25, 0.3) is 0 Å². The lowest BCUT2D eigenvalue weighted by atomic mass is 10.1. The van der Waals surface area contributed by atoms with Crippen molar-refractivity contribution in [3.05, 3.63) is 36.0 Å². The number of rotatable bonds is 8. The number of nitrogens with one attached hydrogen (secondary N) is 1. The molecule has 1 aromatic heterocycles. The number of benzene rings is 1. The molecule has 138 valence electrons. The predicted octanol–water partition coefficient (Wildman–Crippen LogP) is 1.23. The molecule has 2 rings (SSSR count). The molecule has 0 aliphatic rings. The Morgan fingerprint density at radius 1 is 1.38 bits per heavy atom. The van der Waals surface area contributed by atoms with Crippen LogP contribution >= 0.6 is 0 Å². The van der Waals surface area contributed by atoms with Gasteiger partial charge in [0.25, 0.3) is 5.91 Å². The first-order valence-electron chi connectivity index (χ1n) is 7.94. The van der Waals surface area contributed by atoms with Crippen molar-refractivity contribution in [2.75, 3.05) is 17.4 Å². The minimum atomic E-state index is -0.693. The number of methoxy groups -OCH3 is 1. The number of hydrazine groups is 1. The van der Waals surface area contributed by atoms with E-state index in [0.717, 1.165) is 6.29 Å². The summed E-state index contributed by atoms with van der Waals surface area (Å²) in [6.45, 7) is 3.71. The molecule has 9 nitrogen and oxygen atoms in total. The van der Waals surface area contributed by atoms with Gasteiger partial charge in [-0.25, -0.2) is 10.8 Å². The van der Waals surface area contributed by atoms with Crippen molar-refractivity contribution in [2.45, 2.75) is 19.9 Å². The second-order valence-electron chi connectivity index (χ2n) is 5.93. The molecule has 1 heterocycles. The zero-order chi connectivity index (χ0) is 19.3. The summed E-state index contributed by atoms with van der Waals surface area (Å²) in [6, 6.07) is 6.46. The maximum absolute atomic E-state index is 11.7. The molecule has 9 heteroatoms. The Balaban J connectivity index is 2.42. The van der Waals surface area contributed by atoms with E-state index in [1.807, 2.05) is 13.8 Å². The third-order valence-corrected chi connectivity index (χ3v) is 3.75. The Kier molecular flexibility index (Phi) is 6.07. The molecule has 0 saturated heterocycles. The average Bonchev–Trinajstić information content (AvgIpc) is 2.61. The van der Waals surface area contributed by atoms with Crippen LogP contribution in [0, 0.1) is 5.92 Å². The zero-order valence-electron chi connectivity index (χ0n) is 14.8. The van der Waals surface area contributed by atoms with Crippen LogP contribution in [-0.4, -0.2) is 35.3 Å². The molecule has 5 N–H and O–H groups in total. The van der Waals surface area contributed by atoms with Crippen LogP contribution in [0.3, 0.4) is 0 Å². The fraction of sp³-hybridized carbons (Fsp3) is 0.294. The van der Waals surface area contributed by atoms with Crippen LogP contribution in [0.4, 0.5) is 17.5 Å². The van der Waals surface area contributed by atoms with Gasteiger partial charge in [0.1, 0.15) is 29.5 Å². The highest BCUT2D eigenvalue weighted by atomic mass is 16.5. The van der Waals surface area contributed by atoms with E-state index in [-0.39, 0.29) is 23.2 Å². The Morgan fingerprint density at radius 3 is 2.69 bits per heavy atom. The molecule has 0 spiro atoms. The molecule has 0 aliphatic heterocycles. The van der Waals surface area contributed by atoms with Gasteiger partial charge in [-0.05, 0) is 18.1 Å². The number of carbonyl (C=O) groups is 2. The largest absolute Gasteiger partial charge is 0.497 e. The van der Waals surface area contributed by atoms with E-state index in [4.69, 9.17) is 16.3 Å². The smallest absolute Gasteiger partial charge is 0.254 e. The SMILES string of the molecule is COc1cccc(Nc2nc(N(N)[C@@H](C=O)C(C)C)ncc2C(N)=O)c1. The van der Waals surface area contributed by atoms with Crippen LogP contribution in [0.15, 0.2) is 30.5 Å². The van der Waals surface area contributed by atoms with Gasteiger partial charge in [0.2, 0.25) is 5.95 Å². The Hall–Kier alpha value is -3.20. The number of hydrogen-bond donors (Lipinski definition) is 3. The van der Waals surface area contributed by atoms with Gasteiger partial charge < -0.3 is 20.6 Å². The summed E-state index contributed by atoms with van der Waals surface area (Å²) in [5.41, 5.74) is 6.13. The zero-order valence-corrected chi connectivity index (χ0v) is 14.8. The van der Waals surface area contributed by atoms with Crippen molar-refractivity contribution in [3.63, 3.8) is 0 Å². The van der Waals surface area contributed by atoms with Gasteiger partial charge in [-0.2, -0.15) is 4.98 Å². The molecule has 0 radical (unpaired) electrons. The van der Waals surface area contributed by atoms with Crippen molar-refractivity contribution in [1.82, 2.24) is 9.97 Å². The maximum atomic E-state index is 11.7. The fourth-order valence-electron chi connectivity index (χ4n) is 2.29. The topological polar surface area (TPSA) is 136 Å². The number of primary amides is 1. The van der Waals surface area contributed by atoms with Crippen LogP contribution in [-0.2, 0) is 4.79 Å². The lowest BCUT2D eigenvalue weighted by molar-refractivity contribution is -0.109. The molecular formula is C17H22N6O3. The van der Waals surface area contributed by atoms with Crippen LogP contribution in [0.5, 0.6) is 5.75 Å². The molecule has 0 saturated carbocycles. The maximum Gasteiger partial charge on any atom is 0.254 e. The third-order valence-electron chi connectivity index (χ3n) is 3.75. The highest BCUT2D eigenvalue weighted by molar-refractivity contribution is 5.98. The summed E-state index contributed by atoms with van der Waals surface area (Å²) in [6.07, 6.45) is 2.00. The number of anilines is 3. The van der Waals surface area contributed by atoms with Crippen LogP contribution in [0.1, 0.15) is 24.2 Å². The lowest BCUT2D eigenvalue weighted by Crippen LogP contribution is -2.46. The van der Waals surface area contributed by atoms with E-state index in [1.165, 1.54) is 11.2 Å². The van der Waals surface area contributed by atoms with Gasteiger partial charge >= 0.3 is 0 Å².